The number of furan rings is 1. The molecular weight excluding hydrogens is 278 g/mol. The van der Waals surface area contributed by atoms with Crippen LogP contribution in [-0.2, 0) is 16.1 Å². The van der Waals surface area contributed by atoms with Crippen LogP contribution >= 0.6 is 15.9 Å². The highest BCUT2D eigenvalue weighted by molar-refractivity contribution is 9.10. The van der Waals surface area contributed by atoms with Gasteiger partial charge in [-0.1, -0.05) is 0 Å². The standard InChI is InChI=1S/C10H12BrNO4/c1-12(9(13)4-5-10(14)15)6-7-2-3-8(11)16-7/h2-3H,4-6H2,1H3,(H,14,15). The van der Waals surface area contributed by atoms with E-state index in [4.69, 9.17) is 9.52 Å². The van der Waals surface area contributed by atoms with Crippen molar-refractivity contribution in [3.63, 3.8) is 0 Å². The Balaban J connectivity index is 2.42. The molecule has 0 atom stereocenters. The first kappa shape index (κ1) is 12.8. The number of carboxylic acids is 1. The van der Waals surface area contributed by atoms with Gasteiger partial charge >= 0.3 is 5.97 Å². The quantitative estimate of drug-likeness (QED) is 0.898. The third-order valence-corrected chi connectivity index (χ3v) is 2.43. The normalized spacial score (nSPS) is 10.1. The lowest BCUT2D eigenvalue weighted by molar-refractivity contribution is -0.140. The third kappa shape index (κ3) is 4.06. The molecule has 0 aliphatic rings. The minimum atomic E-state index is -0.970. The SMILES string of the molecule is CN(Cc1ccc(Br)o1)C(=O)CCC(=O)O. The molecule has 1 N–H and O–H groups in total. The highest BCUT2D eigenvalue weighted by Crippen LogP contribution is 2.15. The molecule has 0 saturated carbocycles. The van der Waals surface area contributed by atoms with Crippen molar-refractivity contribution in [2.45, 2.75) is 19.4 Å². The van der Waals surface area contributed by atoms with Gasteiger partial charge in [-0.05, 0) is 28.1 Å². The van der Waals surface area contributed by atoms with E-state index in [0.717, 1.165) is 0 Å². The van der Waals surface area contributed by atoms with E-state index < -0.39 is 5.97 Å². The molecule has 16 heavy (non-hydrogen) atoms. The molecule has 1 heterocycles. The number of hydrogen-bond donors (Lipinski definition) is 1. The molecule has 0 bridgehead atoms. The summed E-state index contributed by atoms with van der Waals surface area (Å²) < 4.78 is 5.84. The van der Waals surface area contributed by atoms with Gasteiger partial charge in [0.05, 0.1) is 13.0 Å². The van der Waals surface area contributed by atoms with Crippen LogP contribution in [-0.4, -0.2) is 28.9 Å². The third-order valence-electron chi connectivity index (χ3n) is 2.00. The van der Waals surface area contributed by atoms with Crippen LogP contribution in [0.5, 0.6) is 0 Å². The molecule has 0 spiro atoms. The highest BCUT2D eigenvalue weighted by atomic mass is 79.9. The second-order valence-corrected chi connectivity index (χ2v) is 4.13. The number of nitrogens with zero attached hydrogens (tertiary/aromatic N) is 1. The molecule has 0 saturated heterocycles. The monoisotopic (exact) mass is 289 g/mol. The van der Waals surface area contributed by atoms with Crippen molar-refractivity contribution in [3.05, 3.63) is 22.6 Å². The molecule has 5 nitrogen and oxygen atoms in total. The fourth-order valence-corrected chi connectivity index (χ4v) is 1.50. The van der Waals surface area contributed by atoms with E-state index in [1.54, 1.807) is 19.2 Å². The van der Waals surface area contributed by atoms with Crippen molar-refractivity contribution in [1.29, 1.82) is 0 Å². The van der Waals surface area contributed by atoms with Crippen LogP contribution in [0.15, 0.2) is 21.2 Å². The van der Waals surface area contributed by atoms with Crippen molar-refractivity contribution in [1.82, 2.24) is 4.90 Å². The number of halogens is 1. The highest BCUT2D eigenvalue weighted by Gasteiger charge is 2.12. The molecule has 1 aromatic rings. The first-order valence-corrected chi connectivity index (χ1v) is 5.48. The summed E-state index contributed by atoms with van der Waals surface area (Å²) in [5, 5.41) is 8.44. The van der Waals surface area contributed by atoms with Crippen molar-refractivity contribution in [2.75, 3.05) is 7.05 Å². The first-order chi connectivity index (χ1) is 7.49. The fourth-order valence-electron chi connectivity index (χ4n) is 1.16. The van der Waals surface area contributed by atoms with Gasteiger partial charge < -0.3 is 14.4 Å². The fraction of sp³-hybridized carbons (Fsp3) is 0.400. The summed E-state index contributed by atoms with van der Waals surface area (Å²) in [5.74, 6) is -0.532. The van der Waals surface area contributed by atoms with Crippen molar-refractivity contribution >= 4 is 27.8 Å². The molecule has 6 heteroatoms. The zero-order valence-corrected chi connectivity index (χ0v) is 10.4. The Labute approximate surface area is 101 Å². The number of carbonyl (C=O) groups is 2. The van der Waals surface area contributed by atoms with Crippen molar-refractivity contribution in [3.8, 4) is 0 Å². The maximum absolute atomic E-state index is 11.5. The summed E-state index contributed by atoms with van der Waals surface area (Å²) in [6.07, 6.45) is -0.140. The summed E-state index contributed by atoms with van der Waals surface area (Å²) in [5.41, 5.74) is 0. The van der Waals surface area contributed by atoms with Crippen LogP contribution in [0.25, 0.3) is 0 Å². The second-order valence-electron chi connectivity index (χ2n) is 3.35. The van der Waals surface area contributed by atoms with Crippen LogP contribution in [0, 0.1) is 0 Å². The number of aliphatic carboxylic acids is 1. The number of carboxylic acid groups (broad SMARTS) is 1. The largest absolute Gasteiger partial charge is 0.481 e. The molecule has 1 aromatic heterocycles. The van der Waals surface area contributed by atoms with E-state index in [1.807, 2.05) is 0 Å². The molecular formula is C10H12BrNO4. The predicted octanol–water partition coefficient (Wildman–Crippen LogP) is 1.87. The Kier molecular flexibility index (Phi) is 4.54. The Morgan fingerprint density at radius 1 is 1.44 bits per heavy atom. The summed E-state index contributed by atoms with van der Waals surface area (Å²) >= 11 is 3.16. The Morgan fingerprint density at radius 3 is 2.62 bits per heavy atom. The van der Waals surface area contributed by atoms with Crippen LogP contribution < -0.4 is 0 Å². The molecule has 0 aromatic carbocycles. The van der Waals surface area contributed by atoms with E-state index in [0.29, 0.717) is 17.0 Å². The molecule has 1 rings (SSSR count). The molecule has 0 radical (unpaired) electrons. The minimum absolute atomic E-state index is 0.00765. The first-order valence-electron chi connectivity index (χ1n) is 4.69. The van der Waals surface area contributed by atoms with Gasteiger partial charge in [-0.2, -0.15) is 0 Å². The average Bonchev–Trinajstić information content (AvgIpc) is 2.60. The van der Waals surface area contributed by atoms with E-state index >= 15 is 0 Å². The second kappa shape index (κ2) is 5.69. The van der Waals surface area contributed by atoms with Gasteiger partial charge in [0, 0.05) is 13.5 Å². The lowest BCUT2D eigenvalue weighted by atomic mass is 10.3. The molecule has 88 valence electrons. The van der Waals surface area contributed by atoms with Gasteiger partial charge in [0.15, 0.2) is 4.67 Å². The van der Waals surface area contributed by atoms with E-state index in [9.17, 15) is 9.59 Å². The number of amides is 1. The lowest BCUT2D eigenvalue weighted by Crippen LogP contribution is -2.26. The van der Waals surface area contributed by atoms with Gasteiger partial charge in [-0.15, -0.1) is 0 Å². The zero-order valence-electron chi connectivity index (χ0n) is 8.77. The summed E-state index contributed by atoms with van der Waals surface area (Å²) in [7, 11) is 1.61. The summed E-state index contributed by atoms with van der Waals surface area (Å²) in [6, 6.07) is 3.50. The zero-order chi connectivity index (χ0) is 12.1. The van der Waals surface area contributed by atoms with Gasteiger partial charge in [-0.25, -0.2) is 0 Å². The molecule has 0 aliphatic heterocycles. The number of rotatable bonds is 5. The van der Waals surface area contributed by atoms with Crippen LogP contribution in [0.4, 0.5) is 0 Å². The van der Waals surface area contributed by atoms with Gasteiger partial charge in [0.1, 0.15) is 5.76 Å². The van der Waals surface area contributed by atoms with Crippen LogP contribution in [0.1, 0.15) is 18.6 Å². The van der Waals surface area contributed by atoms with Gasteiger partial charge in [0.25, 0.3) is 0 Å². The maximum atomic E-state index is 11.5. The topological polar surface area (TPSA) is 70.8 Å². The van der Waals surface area contributed by atoms with Crippen LogP contribution in [0.3, 0.4) is 0 Å². The number of carbonyl (C=O) groups excluding carboxylic acids is 1. The Hall–Kier alpha value is -1.30. The Morgan fingerprint density at radius 2 is 2.12 bits per heavy atom. The van der Waals surface area contributed by atoms with E-state index in [1.165, 1.54) is 4.90 Å². The van der Waals surface area contributed by atoms with Crippen molar-refractivity contribution in [2.24, 2.45) is 0 Å². The molecule has 0 fully saturated rings. The van der Waals surface area contributed by atoms with Gasteiger partial charge in [-0.3, -0.25) is 9.59 Å². The lowest BCUT2D eigenvalue weighted by Gasteiger charge is -2.14. The molecule has 0 unspecified atom stereocenters. The summed E-state index contributed by atoms with van der Waals surface area (Å²) in [4.78, 5) is 23.2. The van der Waals surface area contributed by atoms with Crippen LogP contribution in [0.2, 0.25) is 0 Å². The summed E-state index contributed by atoms with van der Waals surface area (Å²) in [6.45, 7) is 0.337. The van der Waals surface area contributed by atoms with Crippen molar-refractivity contribution < 1.29 is 19.1 Å². The molecule has 0 aliphatic carbocycles. The smallest absolute Gasteiger partial charge is 0.303 e. The maximum Gasteiger partial charge on any atom is 0.303 e. The predicted molar refractivity (Wildman–Crippen MR) is 59.8 cm³/mol. The molecule has 1 amide bonds. The van der Waals surface area contributed by atoms with Gasteiger partial charge in [0.2, 0.25) is 5.91 Å². The Bertz CT molecular complexity index is 388. The van der Waals surface area contributed by atoms with E-state index in [-0.39, 0.29) is 18.7 Å². The van der Waals surface area contributed by atoms with E-state index in [2.05, 4.69) is 15.9 Å². The minimum Gasteiger partial charge on any atom is -0.481 e. The average molecular weight is 290 g/mol. The number of hydrogen-bond acceptors (Lipinski definition) is 3.